The van der Waals surface area contributed by atoms with Gasteiger partial charge >= 0.3 is 5.97 Å². The number of benzene rings is 1. The Morgan fingerprint density at radius 2 is 1.95 bits per heavy atom. The highest BCUT2D eigenvalue weighted by atomic mass is 32.2. The molecular weight excluding hydrogens is 276 g/mol. The van der Waals surface area contributed by atoms with Crippen LogP contribution in [-0.4, -0.2) is 31.3 Å². The van der Waals surface area contributed by atoms with Gasteiger partial charge in [-0.3, -0.25) is 0 Å². The van der Waals surface area contributed by atoms with Crippen LogP contribution in [0.3, 0.4) is 0 Å². The second kappa shape index (κ2) is 5.62. The van der Waals surface area contributed by atoms with Crippen LogP contribution in [0.15, 0.2) is 34.3 Å². The van der Waals surface area contributed by atoms with E-state index in [1.165, 1.54) is 24.6 Å². The van der Waals surface area contributed by atoms with Crippen LogP contribution in [0, 0.1) is 0 Å². The van der Waals surface area contributed by atoms with Crippen molar-refractivity contribution in [1.82, 2.24) is 20.2 Å². The maximum atomic E-state index is 10.8. The average molecular weight is 290 g/mol. The van der Waals surface area contributed by atoms with Crippen LogP contribution >= 0.6 is 11.8 Å². The van der Waals surface area contributed by atoms with Crippen LogP contribution in [0.5, 0.6) is 0 Å². The molecule has 7 heteroatoms. The number of hydrogen-bond donors (Lipinski definition) is 1. The van der Waals surface area contributed by atoms with Gasteiger partial charge in [0.25, 0.3) is 0 Å². The van der Waals surface area contributed by atoms with Crippen LogP contribution in [0.4, 0.5) is 0 Å². The molecule has 3 rings (SSSR count). The highest BCUT2D eigenvalue weighted by Crippen LogP contribution is 2.33. The first kappa shape index (κ1) is 13.1. The number of nitrogens with zero attached hydrogens (tertiary/aromatic N) is 4. The second-order valence-corrected chi connectivity index (χ2v) is 5.82. The minimum atomic E-state index is -0.919. The number of aromatic nitrogens is 4. The van der Waals surface area contributed by atoms with Crippen LogP contribution in [0.25, 0.3) is 0 Å². The Hall–Kier alpha value is -1.89. The van der Waals surface area contributed by atoms with E-state index < -0.39 is 5.97 Å². The summed E-state index contributed by atoms with van der Waals surface area (Å²) < 4.78 is 1.89. The highest BCUT2D eigenvalue weighted by Gasteiger charge is 2.21. The molecule has 1 aliphatic rings. The molecule has 0 radical (unpaired) electrons. The minimum Gasteiger partial charge on any atom is -0.478 e. The summed E-state index contributed by atoms with van der Waals surface area (Å²) in [5.74, 6) is -0.919. The zero-order chi connectivity index (χ0) is 13.9. The largest absolute Gasteiger partial charge is 0.478 e. The Labute approximate surface area is 120 Å². The molecule has 6 nitrogen and oxygen atoms in total. The lowest BCUT2D eigenvalue weighted by Crippen LogP contribution is -2.08. The Balaban J connectivity index is 1.77. The van der Waals surface area contributed by atoms with E-state index in [0.717, 1.165) is 22.9 Å². The molecule has 0 amide bonds. The number of rotatable bonds is 4. The Morgan fingerprint density at radius 1 is 1.25 bits per heavy atom. The molecule has 1 N–H and O–H groups in total. The predicted molar refractivity (Wildman–Crippen MR) is 72.8 cm³/mol. The molecule has 0 spiro atoms. The normalized spacial score (nSPS) is 15.6. The fourth-order valence-corrected chi connectivity index (χ4v) is 3.24. The molecule has 0 bridgehead atoms. The van der Waals surface area contributed by atoms with Crippen molar-refractivity contribution in [3.8, 4) is 0 Å². The predicted octanol–water partition coefficient (Wildman–Crippen LogP) is 2.64. The fourth-order valence-electron chi connectivity index (χ4n) is 2.40. The van der Waals surface area contributed by atoms with Crippen molar-refractivity contribution >= 4 is 17.7 Å². The minimum absolute atomic E-state index is 0.282. The topological polar surface area (TPSA) is 80.9 Å². The summed E-state index contributed by atoms with van der Waals surface area (Å²) >= 11 is 1.46. The summed E-state index contributed by atoms with van der Waals surface area (Å²) in [6.07, 6.45) is 4.69. The molecule has 20 heavy (non-hydrogen) atoms. The number of carboxylic acids is 1. The lowest BCUT2D eigenvalue weighted by Gasteiger charge is -2.10. The van der Waals surface area contributed by atoms with E-state index in [0.29, 0.717) is 6.04 Å². The SMILES string of the molecule is O=C(O)c1ccc(Sc2nnnn2C2CCCC2)cc1. The number of tetrazole rings is 1. The third-order valence-corrected chi connectivity index (χ3v) is 4.40. The van der Waals surface area contributed by atoms with E-state index in [1.807, 2.05) is 4.68 Å². The molecule has 104 valence electrons. The second-order valence-electron chi connectivity index (χ2n) is 4.78. The van der Waals surface area contributed by atoms with E-state index in [9.17, 15) is 4.79 Å². The van der Waals surface area contributed by atoms with Gasteiger partial charge in [0.2, 0.25) is 5.16 Å². The van der Waals surface area contributed by atoms with Gasteiger partial charge in [-0.05, 0) is 59.3 Å². The van der Waals surface area contributed by atoms with E-state index >= 15 is 0 Å². The molecule has 1 heterocycles. The molecule has 0 aliphatic heterocycles. The molecule has 2 aromatic rings. The van der Waals surface area contributed by atoms with E-state index in [4.69, 9.17) is 5.11 Å². The number of carboxylic acid groups (broad SMARTS) is 1. The number of hydrogen-bond acceptors (Lipinski definition) is 5. The Bertz CT molecular complexity index is 605. The Kier molecular flexibility index (Phi) is 3.68. The van der Waals surface area contributed by atoms with Gasteiger partial charge in [-0.25, -0.2) is 9.48 Å². The molecular formula is C13H14N4O2S. The van der Waals surface area contributed by atoms with Crippen molar-refractivity contribution in [2.75, 3.05) is 0 Å². The summed E-state index contributed by atoms with van der Waals surface area (Å²) in [5.41, 5.74) is 0.282. The zero-order valence-electron chi connectivity index (χ0n) is 10.8. The van der Waals surface area contributed by atoms with Crippen molar-refractivity contribution in [2.45, 2.75) is 41.8 Å². The first-order chi connectivity index (χ1) is 9.74. The molecule has 1 aromatic carbocycles. The first-order valence-electron chi connectivity index (χ1n) is 6.53. The van der Waals surface area contributed by atoms with Crippen LogP contribution < -0.4 is 0 Å². The molecule has 1 aliphatic carbocycles. The molecule has 1 aromatic heterocycles. The summed E-state index contributed by atoms with van der Waals surface area (Å²) in [4.78, 5) is 11.7. The smallest absolute Gasteiger partial charge is 0.335 e. The summed E-state index contributed by atoms with van der Waals surface area (Å²) in [6.45, 7) is 0. The quantitative estimate of drug-likeness (QED) is 0.932. The average Bonchev–Trinajstić information content (AvgIpc) is 3.09. The van der Waals surface area contributed by atoms with Crippen molar-refractivity contribution in [1.29, 1.82) is 0 Å². The Morgan fingerprint density at radius 3 is 2.60 bits per heavy atom. The number of carbonyl (C=O) groups is 1. The van der Waals surface area contributed by atoms with Gasteiger partial charge in [-0.15, -0.1) is 5.10 Å². The zero-order valence-corrected chi connectivity index (χ0v) is 11.6. The third-order valence-electron chi connectivity index (χ3n) is 3.44. The van der Waals surface area contributed by atoms with Gasteiger partial charge in [0, 0.05) is 4.90 Å². The van der Waals surface area contributed by atoms with Crippen LogP contribution in [0.1, 0.15) is 42.1 Å². The summed E-state index contributed by atoms with van der Waals surface area (Å²) in [7, 11) is 0. The monoisotopic (exact) mass is 290 g/mol. The first-order valence-corrected chi connectivity index (χ1v) is 7.35. The van der Waals surface area contributed by atoms with Crippen molar-refractivity contribution in [3.05, 3.63) is 29.8 Å². The van der Waals surface area contributed by atoms with Gasteiger partial charge in [0.05, 0.1) is 11.6 Å². The summed E-state index contributed by atoms with van der Waals surface area (Å²) in [5, 5.41) is 21.5. The van der Waals surface area contributed by atoms with Crippen molar-refractivity contribution in [2.24, 2.45) is 0 Å². The van der Waals surface area contributed by atoms with Crippen LogP contribution in [0.2, 0.25) is 0 Å². The molecule has 1 saturated carbocycles. The van der Waals surface area contributed by atoms with Crippen LogP contribution in [-0.2, 0) is 0 Å². The lowest BCUT2D eigenvalue weighted by molar-refractivity contribution is 0.0697. The lowest BCUT2D eigenvalue weighted by atomic mass is 10.2. The van der Waals surface area contributed by atoms with E-state index in [-0.39, 0.29) is 5.56 Å². The maximum absolute atomic E-state index is 10.8. The molecule has 1 fully saturated rings. The van der Waals surface area contributed by atoms with E-state index in [1.54, 1.807) is 24.3 Å². The molecule has 0 saturated heterocycles. The van der Waals surface area contributed by atoms with Gasteiger partial charge in [0.1, 0.15) is 0 Å². The van der Waals surface area contributed by atoms with Gasteiger partial charge in [-0.1, -0.05) is 12.8 Å². The van der Waals surface area contributed by atoms with Crippen molar-refractivity contribution in [3.63, 3.8) is 0 Å². The summed E-state index contributed by atoms with van der Waals surface area (Å²) in [6, 6.07) is 7.14. The standard InChI is InChI=1S/C13H14N4O2S/c18-12(19)9-5-7-11(8-6-9)20-13-14-15-16-17(13)10-3-1-2-4-10/h5-8,10H,1-4H2,(H,18,19). The highest BCUT2D eigenvalue weighted by molar-refractivity contribution is 7.99. The molecule has 0 unspecified atom stereocenters. The van der Waals surface area contributed by atoms with Crippen molar-refractivity contribution < 1.29 is 9.90 Å². The molecule has 0 atom stereocenters. The van der Waals surface area contributed by atoms with Gasteiger partial charge < -0.3 is 5.11 Å². The third kappa shape index (κ3) is 2.67. The fraction of sp³-hybridized carbons (Fsp3) is 0.385. The maximum Gasteiger partial charge on any atom is 0.335 e. The number of aromatic carboxylic acids is 1. The van der Waals surface area contributed by atoms with E-state index in [2.05, 4.69) is 15.5 Å². The van der Waals surface area contributed by atoms with Gasteiger partial charge in [-0.2, -0.15) is 0 Å². The van der Waals surface area contributed by atoms with Gasteiger partial charge in [0.15, 0.2) is 0 Å².